The first-order chi connectivity index (χ1) is 9.58. The predicted molar refractivity (Wildman–Crippen MR) is 78.9 cm³/mol. The number of thiophene rings is 1. The molecule has 2 aromatic heterocycles. The lowest BCUT2D eigenvalue weighted by atomic mass is 9.98. The average molecular weight is 288 g/mol. The van der Waals surface area contributed by atoms with Crippen LogP contribution < -0.4 is 0 Å². The largest absolute Gasteiger partial charge is 0.469 e. The van der Waals surface area contributed by atoms with Crippen molar-refractivity contribution in [3.05, 3.63) is 45.5 Å². The number of rotatable bonds is 2. The molecule has 0 spiro atoms. The van der Waals surface area contributed by atoms with Gasteiger partial charge in [0, 0.05) is 18.9 Å². The van der Waals surface area contributed by atoms with Crippen LogP contribution in [0.1, 0.15) is 41.2 Å². The second kappa shape index (κ2) is 4.90. The summed E-state index contributed by atoms with van der Waals surface area (Å²) in [4.78, 5) is 13.0. The van der Waals surface area contributed by atoms with Crippen LogP contribution >= 0.6 is 11.3 Å². The summed E-state index contributed by atoms with van der Waals surface area (Å²) in [5.41, 5.74) is 3.12. The van der Waals surface area contributed by atoms with E-state index in [1.807, 2.05) is 31.4 Å². The number of nitrogens with zero attached hydrogens (tertiary/aromatic N) is 2. The summed E-state index contributed by atoms with van der Waals surface area (Å²) in [7, 11) is 0. The van der Waals surface area contributed by atoms with Gasteiger partial charge in [-0.15, -0.1) is 11.3 Å². The van der Waals surface area contributed by atoms with Crippen LogP contribution in [0.4, 0.5) is 0 Å². The van der Waals surface area contributed by atoms with Crippen LogP contribution in [0.5, 0.6) is 0 Å². The van der Waals surface area contributed by atoms with Crippen LogP contribution in [0, 0.1) is 13.8 Å². The Morgan fingerprint density at radius 3 is 2.85 bits per heavy atom. The van der Waals surface area contributed by atoms with E-state index in [2.05, 4.69) is 5.10 Å². The molecule has 0 aliphatic carbocycles. The first-order valence-electron chi connectivity index (χ1n) is 6.53. The highest BCUT2D eigenvalue weighted by molar-refractivity contribution is 7.12. The molecule has 2 aromatic rings. The molecule has 4 nitrogen and oxygen atoms in total. The molecule has 104 valence electrons. The molecule has 0 saturated heterocycles. The van der Waals surface area contributed by atoms with Gasteiger partial charge in [0.15, 0.2) is 0 Å². The van der Waals surface area contributed by atoms with Crippen molar-refractivity contribution in [3.8, 4) is 0 Å². The van der Waals surface area contributed by atoms with Crippen LogP contribution in [-0.4, -0.2) is 16.6 Å². The SMILES string of the molecule is CC(=O)N1N=C(c2cccs2)CC1c1c(C)coc1C. The molecule has 3 rings (SSSR count). The number of carbonyl (C=O) groups excluding carboxylic acids is 1. The molecule has 0 fully saturated rings. The van der Waals surface area contributed by atoms with Crippen LogP contribution in [0.25, 0.3) is 0 Å². The van der Waals surface area contributed by atoms with Crippen molar-refractivity contribution in [2.75, 3.05) is 0 Å². The fourth-order valence-corrected chi connectivity index (χ4v) is 3.42. The van der Waals surface area contributed by atoms with E-state index in [9.17, 15) is 4.79 Å². The minimum Gasteiger partial charge on any atom is -0.469 e. The number of hydrogen-bond donors (Lipinski definition) is 0. The monoisotopic (exact) mass is 288 g/mol. The van der Waals surface area contributed by atoms with Gasteiger partial charge in [-0.3, -0.25) is 4.79 Å². The Morgan fingerprint density at radius 2 is 2.30 bits per heavy atom. The maximum Gasteiger partial charge on any atom is 0.240 e. The highest BCUT2D eigenvalue weighted by atomic mass is 32.1. The Morgan fingerprint density at radius 1 is 1.50 bits per heavy atom. The maximum absolute atomic E-state index is 11.9. The van der Waals surface area contributed by atoms with Crippen LogP contribution in [0.15, 0.2) is 33.3 Å². The Labute approximate surface area is 121 Å². The topological polar surface area (TPSA) is 45.8 Å². The molecule has 0 N–H and O–H groups in total. The van der Waals surface area contributed by atoms with Crippen molar-refractivity contribution < 1.29 is 9.21 Å². The van der Waals surface area contributed by atoms with E-state index in [-0.39, 0.29) is 11.9 Å². The van der Waals surface area contributed by atoms with Crippen LogP contribution in [-0.2, 0) is 4.79 Å². The molecule has 1 aliphatic heterocycles. The molecular formula is C15H16N2O2S. The lowest BCUT2D eigenvalue weighted by Crippen LogP contribution is -2.25. The second-order valence-corrected chi connectivity index (χ2v) is 5.94. The predicted octanol–water partition coefficient (Wildman–Crippen LogP) is 3.66. The van der Waals surface area contributed by atoms with Gasteiger partial charge in [0.25, 0.3) is 0 Å². The molecule has 20 heavy (non-hydrogen) atoms. The number of hydrazone groups is 1. The molecule has 3 heterocycles. The molecule has 0 saturated carbocycles. The number of amides is 1. The Balaban J connectivity index is 2.00. The molecule has 1 atom stereocenters. The maximum atomic E-state index is 11.9. The fourth-order valence-electron chi connectivity index (χ4n) is 2.70. The van der Waals surface area contributed by atoms with E-state index in [1.165, 1.54) is 0 Å². The lowest BCUT2D eigenvalue weighted by molar-refractivity contribution is -0.130. The fraction of sp³-hybridized carbons (Fsp3) is 0.333. The number of hydrogen-bond acceptors (Lipinski definition) is 4. The summed E-state index contributed by atoms with van der Waals surface area (Å²) in [5.74, 6) is 0.822. The quantitative estimate of drug-likeness (QED) is 0.846. The zero-order valence-electron chi connectivity index (χ0n) is 11.7. The van der Waals surface area contributed by atoms with Gasteiger partial charge < -0.3 is 4.42 Å². The van der Waals surface area contributed by atoms with Crippen molar-refractivity contribution in [3.63, 3.8) is 0 Å². The third-order valence-electron chi connectivity index (χ3n) is 3.59. The zero-order valence-corrected chi connectivity index (χ0v) is 12.5. The summed E-state index contributed by atoms with van der Waals surface area (Å²) in [5, 5.41) is 8.13. The van der Waals surface area contributed by atoms with E-state index in [0.29, 0.717) is 0 Å². The molecule has 5 heteroatoms. The Kier molecular flexibility index (Phi) is 3.22. The van der Waals surface area contributed by atoms with Crippen molar-refractivity contribution in [1.29, 1.82) is 0 Å². The smallest absolute Gasteiger partial charge is 0.240 e. The normalized spacial score (nSPS) is 18.4. The molecule has 1 aliphatic rings. The highest BCUT2D eigenvalue weighted by Crippen LogP contribution is 2.37. The van der Waals surface area contributed by atoms with E-state index < -0.39 is 0 Å². The standard InChI is InChI=1S/C15H16N2O2S/c1-9-8-19-10(2)15(9)13-7-12(14-5-4-6-20-14)16-17(13)11(3)18/h4-6,8,13H,7H2,1-3H3. The van der Waals surface area contributed by atoms with Gasteiger partial charge in [-0.05, 0) is 30.9 Å². The van der Waals surface area contributed by atoms with Gasteiger partial charge in [0.05, 0.1) is 22.9 Å². The summed E-state index contributed by atoms with van der Waals surface area (Å²) in [6.45, 7) is 5.50. The summed E-state index contributed by atoms with van der Waals surface area (Å²) in [6, 6.07) is 3.99. The van der Waals surface area contributed by atoms with Gasteiger partial charge in [0.1, 0.15) is 5.76 Å². The lowest BCUT2D eigenvalue weighted by Gasteiger charge is -2.20. The summed E-state index contributed by atoms with van der Waals surface area (Å²) < 4.78 is 5.48. The van der Waals surface area contributed by atoms with Gasteiger partial charge in [-0.1, -0.05) is 6.07 Å². The van der Waals surface area contributed by atoms with Crippen LogP contribution in [0.3, 0.4) is 0 Å². The van der Waals surface area contributed by atoms with Gasteiger partial charge >= 0.3 is 0 Å². The number of carbonyl (C=O) groups is 1. The Hall–Kier alpha value is -1.88. The third-order valence-corrected chi connectivity index (χ3v) is 4.51. The van der Waals surface area contributed by atoms with Crippen molar-refractivity contribution >= 4 is 23.0 Å². The molecular weight excluding hydrogens is 272 g/mol. The van der Waals surface area contributed by atoms with Crippen molar-refractivity contribution in [2.45, 2.75) is 33.2 Å². The van der Waals surface area contributed by atoms with Gasteiger partial charge in [-0.2, -0.15) is 5.10 Å². The van der Waals surface area contributed by atoms with E-state index in [1.54, 1.807) is 29.5 Å². The zero-order chi connectivity index (χ0) is 14.3. The summed E-state index contributed by atoms with van der Waals surface area (Å²) in [6.07, 6.45) is 2.48. The van der Waals surface area contributed by atoms with Gasteiger partial charge in [0.2, 0.25) is 5.91 Å². The minimum atomic E-state index is -0.0525. The van der Waals surface area contributed by atoms with Crippen LogP contribution in [0.2, 0.25) is 0 Å². The van der Waals surface area contributed by atoms with Crippen molar-refractivity contribution in [1.82, 2.24) is 5.01 Å². The number of furan rings is 1. The van der Waals surface area contributed by atoms with Gasteiger partial charge in [-0.25, -0.2) is 5.01 Å². The minimum absolute atomic E-state index is 0.0402. The van der Waals surface area contributed by atoms with E-state index in [4.69, 9.17) is 4.42 Å². The molecule has 0 bridgehead atoms. The Bertz CT molecular complexity index is 651. The molecule has 0 aromatic carbocycles. The molecule has 1 unspecified atom stereocenters. The summed E-state index contributed by atoms with van der Waals surface area (Å²) >= 11 is 1.65. The number of aryl methyl sites for hydroxylation is 2. The first-order valence-corrected chi connectivity index (χ1v) is 7.41. The first kappa shape index (κ1) is 13.1. The molecule has 1 amide bonds. The second-order valence-electron chi connectivity index (χ2n) is 5.00. The van der Waals surface area contributed by atoms with E-state index in [0.717, 1.165) is 33.9 Å². The van der Waals surface area contributed by atoms with Crippen molar-refractivity contribution in [2.24, 2.45) is 5.10 Å². The molecule has 0 radical (unpaired) electrons. The third kappa shape index (κ3) is 2.08. The van der Waals surface area contributed by atoms with E-state index >= 15 is 0 Å². The highest BCUT2D eigenvalue weighted by Gasteiger charge is 2.34. The average Bonchev–Trinajstić information content (AvgIpc) is 3.08.